The molecule has 35 heavy (non-hydrogen) atoms. The lowest BCUT2D eigenvalue weighted by Gasteiger charge is -2.33. The smallest absolute Gasteiger partial charge is 0.344 e. The molecule has 1 aliphatic carbocycles. The van der Waals surface area contributed by atoms with Crippen molar-refractivity contribution in [2.45, 2.75) is 58.8 Å². The van der Waals surface area contributed by atoms with Crippen LogP contribution in [0, 0.1) is 12.8 Å². The first-order chi connectivity index (χ1) is 17.1. The molecular formula is C30H33N3O2. The molecule has 2 aliphatic heterocycles. The van der Waals surface area contributed by atoms with Crippen molar-refractivity contribution in [2.24, 2.45) is 11.0 Å². The first kappa shape index (κ1) is 22.1. The minimum absolute atomic E-state index is 0.279. The predicted octanol–water partition coefficient (Wildman–Crippen LogP) is 6.53. The third kappa shape index (κ3) is 3.97. The number of aryl methyl sites for hydroxylation is 1. The van der Waals surface area contributed by atoms with Crippen molar-refractivity contribution in [2.75, 3.05) is 18.0 Å². The molecule has 0 amide bonds. The van der Waals surface area contributed by atoms with E-state index in [1.807, 2.05) is 25.1 Å². The summed E-state index contributed by atoms with van der Waals surface area (Å²) in [5, 5.41) is 5.80. The van der Waals surface area contributed by atoms with E-state index in [2.05, 4.69) is 41.5 Å². The maximum atomic E-state index is 13.2. The molecule has 1 atom stereocenters. The molecule has 180 valence electrons. The fraction of sp³-hybridized carbons (Fsp3) is 0.400. The average Bonchev–Trinajstić information content (AvgIpc) is 2.79. The van der Waals surface area contributed by atoms with E-state index in [4.69, 9.17) is 9.52 Å². The second kappa shape index (κ2) is 9.03. The number of benzene rings is 2. The molecule has 0 radical (unpaired) electrons. The highest BCUT2D eigenvalue weighted by atomic mass is 16.4. The molecule has 3 aliphatic rings. The van der Waals surface area contributed by atoms with Gasteiger partial charge in [-0.1, -0.05) is 37.5 Å². The highest BCUT2D eigenvalue weighted by molar-refractivity contribution is 6.05. The largest absolute Gasteiger partial charge is 0.422 e. The summed E-state index contributed by atoms with van der Waals surface area (Å²) in [5.74, 6) is 0.348. The first-order valence-corrected chi connectivity index (χ1v) is 13.1. The van der Waals surface area contributed by atoms with Crippen LogP contribution in [0.2, 0.25) is 0 Å². The number of anilines is 1. The molecule has 0 bridgehead atoms. The number of hydrazone groups is 1. The predicted molar refractivity (Wildman–Crippen MR) is 143 cm³/mol. The molecule has 1 N–H and O–H groups in total. The summed E-state index contributed by atoms with van der Waals surface area (Å²) < 4.78 is 5.87. The topological polar surface area (TPSA) is 57.8 Å². The van der Waals surface area contributed by atoms with E-state index < -0.39 is 0 Å². The second-order valence-corrected chi connectivity index (χ2v) is 10.3. The van der Waals surface area contributed by atoms with Crippen LogP contribution in [0.1, 0.15) is 63.0 Å². The van der Waals surface area contributed by atoms with Gasteiger partial charge in [-0.25, -0.2) is 4.79 Å². The Morgan fingerprint density at radius 2 is 1.80 bits per heavy atom. The van der Waals surface area contributed by atoms with Gasteiger partial charge in [-0.15, -0.1) is 0 Å². The maximum Gasteiger partial charge on any atom is 0.344 e. The summed E-state index contributed by atoms with van der Waals surface area (Å²) in [6.45, 7) is 6.31. The number of hydrogen-bond donors (Lipinski definition) is 1. The van der Waals surface area contributed by atoms with E-state index in [0.717, 1.165) is 59.4 Å². The number of hydrogen-bond acceptors (Lipinski definition) is 5. The van der Waals surface area contributed by atoms with Gasteiger partial charge in [0.1, 0.15) is 5.58 Å². The van der Waals surface area contributed by atoms with Crippen LogP contribution in [-0.2, 0) is 0 Å². The van der Waals surface area contributed by atoms with Crippen LogP contribution in [0.25, 0.3) is 22.1 Å². The number of allylic oxidation sites excluding steroid dienone is 2. The molecule has 6 rings (SSSR count). The summed E-state index contributed by atoms with van der Waals surface area (Å²) in [5.41, 5.74) is 12.2. The molecule has 5 heteroatoms. The lowest BCUT2D eigenvalue weighted by Crippen LogP contribution is -2.36. The van der Waals surface area contributed by atoms with Crippen molar-refractivity contribution in [3.8, 4) is 11.1 Å². The van der Waals surface area contributed by atoms with Crippen molar-refractivity contribution >= 4 is 22.4 Å². The summed E-state index contributed by atoms with van der Waals surface area (Å²) in [6.07, 6.45) is 8.56. The Labute approximate surface area is 206 Å². The van der Waals surface area contributed by atoms with Crippen molar-refractivity contribution in [3.63, 3.8) is 0 Å². The van der Waals surface area contributed by atoms with E-state index in [-0.39, 0.29) is 5.63 Å². The van der Waals surface area contributed by atoms with Crippen LogP contribution in [0.5, 0.6) is 0 Å². The Kier molecular flexibility index (Phi) is 5.71. The van der Waals surface area contributed by atoms with Gasteiger partial charge in [0.15, 0.2) is 0 Å². The first-order valence-electron chi connectivity index (χ1n) is 13.1. The van der Waals surface area contributed by atoms with Gasteiger partial charge in [-0.05, 0) is 80.0 Å². The molecule has 3 aromatic rings. The van der Waals surface area contributed by atoms with Gasteiger partial charge in [-0.2, -0.15) is 5.10 Å². The van der Waals surface area contributed by atoms with Crippen LogP contribution < -0.4 is 16.0 Å². The zero-order valence-corrected chi connectivity index (χ0v) is 20.7. The van der Waals surface area contributed by atoms with Gasteiger partial charge >= 0.3 is 5.63 Å². The Balaban J connectivity index is 1.39. The fourth-order valence-corrected chi connectivity index (χ4v) is 5.96. The zero-order chi connectivity index (χ0) is 23.9. The minimum atomic E-state index is -0.279. The molecule has 1 unspecified atom stereocenters. The van der Waals surface area contributed by atoms with Crippen LogP contribution in [0.4, 0.5) is 5.69 Å². The number of nitrogens with zero attached hydrogens (tertiary/aromatic N) is 2. The van der Waals surface area contributed by atoms with E-state index in [9.17, 15) is 4.79 Å². The quantitative estimate of drug-likeness (QED) is 0.445. The highest BCUT2D eigenvalue weighted by Crippen LogP contribution is 2.36. The maximum absolute atomic E-state index is 13.2. The lowest BCUT2D eigenvalue weighted by atomic mass is 9.79. The Morgan fingerprint density at radius 1 is 0.971 bits per heavy atom. The Hall–Kier alpha value is -3.34. The third-order valence-electron chi connectivity index (χ3n) is 8.08. The molecule has 3 heterocycles. The summed E-state index contributed by atoms with van der Waals surface area (Å²) in [4.78, 5) is 15.5. The molecule has 1 aromatic heterocycles. The lowest BCUT2D eigenvalue weighted by molar-refractivity contribution is 0.511. The second-order valence-electron chi connectivity index (χ2n) is 10.3. The van der Waals surface area contributed by atoms with Gasteiger partial charge in [0, 0.05) is 41.8 Å². The van der Waals surface area contributed by atoms with Crippen molar-refractivity contribution in [1.82, 2.24) is 5.43 Å². The molecule has 0 spiro atoms. The number of rotatable bonds is 3. The fourth-order valence-electron chi connectivity index (χ4n) is 5.96. The molecular weight excluding hydrogens is 434 g/mol. The monoisotopic (exact) mass is 467 g/mol. The Bertz CT molecular complexity index is 1410. The van der Waals surface area contributed by atoms with Gasteiger partial charge in [0.25, 0.3) is 0 Å². The molecule has 2 fully saturated rings. The van der Waals surface area contributed by atoms with Crippen molar-refractivity contribution in [3.05, 3.63) is 75.3 Å². The van der Waals surface area contributed by atoms with Gasteiger partial charge in [-0.3, -0.25) is 5.43 Å². The zero-order valence-electron chi connectivity index (χ0n) is 20.7. The highest BCUT2D eigenvalue weighted by Gasteiger charge is 2.28. The third-order valence-corrected chi connectivity index (χ3v) is 8.08. The van der Waals surface area contributed by atoms with Crippen LogP contribution in [0.15, 0.2) is 68.0 Å². The van der Waals surface area contributed by atoms with E-state index in [0.29, 0.717) is 17.1 Å². The van der Waals surface area contributed by atoms with Gasteiger partial charge in [0.2, 0.25) is 0 Å². The van der Waals surface area contributed by atoms with Gasteiger partial charge in [0.05, 0.1) is 11.3 Å². The van der Waals surface area contributed by atoms with Crippen LogP contribution in [0.3, 0.4) is 0 Å². The standard InChI is InChI=1S/C30H33N3O2/c1-19-24-14-13-23(33-15-8-16-33)18-27(24)35-30(34)28(19)21-9-7-10-22(17-21)29-26-12-6-4-3-5-11-25(26)20(2)31-32-29/h7,9-10,13-14,17-18,26,31H,3-6,8,11-12,15-16H2,1-2H3. The van der Waals surface area contributed by atoms with Crippen molar-refractivity contribution < 1.29 is 4.42 Å². The SMILES string of the molecule is CC1=C2CCCCCCC2C(c2cccc(-c3c(C)c4ccc(N5CCC5)cc4oc3=O)c2)=NN1. The normalized spacial score (nSPS) is 20.5. The van der Waals surface area contributed by atoms with E-state index in [1.54, 1.807) is 0 Å². The van der Waals surface area contributed by atoms with E-state index >= 15 is 0 Å². The van der Waals surface area contributed by atoms with E-state index in [1.165, 1.54) is 43.4 Å². The molecule has 2 aromatic carbocycles. The van der Waals surface area contributed by atoms with Crippen LogP contribution in [-0.4, -0.2) is 18.8 Å². The molecule has 1 saturated carbocycles. The Morgan fingerprint density at radius 3 is 2.63 bits per heavy atom. The molecule has 5 nitrogen and oxygen atoms in total. The summed E-state index contributed by atoms with van der Waals surface area (Å²) >= 11 is 0. The summed E-state index contributed by atoms with van der Waals surface area (Å²) in [7, 11) is 0. The minimum Gasteiger partial charge on any atom is -0.422 e. The average molecular weight is 468 g/mol. The number of fused-ring (bicyclic) bond motifs is 2. The van der Waals surface area contributed by atoms with Crippen LogP contribution >= 0.6 is 0 Å². The van der Waals surface area contributed by atoms with Gasteiger partial charge < -0.3 is 9.32 Å². The van der Waals surface area contributed by atoms with Crippen molar-refractivity contribution in [1.29, 1.82) is 0 Å². The molecule has 1 saturated heterocycles. The summed E-state index contributed by atoms with van der Waals surface area (Å²) in [6, 6.07) is 14.5. The number of nitrogens with one attached hydrogen (secondary N) is 1.